The zero-order valence-corrected chi connectivity index (χ0v) is 18.1. The molecular formula is C23H33NO5. The Morgan fingerprint density at radius 1 is 1.24 bits per heavy atom. The molecule has 1 aromatic carbocycles. The van der Waals surface area contributed by atoms with E-state index in [1.807, 2.05) is 13.0 Å². The van der Waals surface area contributed by atoms with E-state index in [9.17, 15) is 9.59 Å². The minimum absolute atomic E-state index is 0.138. The fourth-order valence-electron chi connectivity index (χ4n) is 3.58. The van der Waals surface area contributed by atoms with Crippen LogP contribution in [-0.4, -0.2) is 37.7 Å². The van der Waals surface area contributed by atoms with Gasteiger partial charge in [0.25, 0.3) is 5.91 Å². The van der Waals surface area contributed by atoms with Gasteiger partial charge >= 0.3 is 5.97 Å². The average molecular weight is 404 g/mol. The van der Waals surface area contributed by atoms with Gasteiger partial charge in [-0.1, -0.05) is 32.8 Å². The molecule has 0 aliphatic heterocycles. The largest absolute Gasteiger partial charge is 0.493 e. The standard InChI is InChI=1S/C23H33NO5/c1-6-28-20-12-10-18(14-21(20)27-5)11-13-22(25)29-17(4)23(26)24-19-9-7-8-15(2)16(19)3/h10-17,19H,6-9H2,1-5H3,(H,24,26)/b13-11+/t15-,16-,17-,19-/m0/s1. The van der Waals surface area contributed by atoms with Crippen LogP contribution in [-0.2, 0) is 14.3 Å². The maximum Gasteiger partial charge on any atom is 0.331 e. The van der Waals surface area contributed by atoms with Crippen LogP contribution >= 0.6 is 0 Å². The van der Waals surface area contributed by atoms with Gasteiger partial charge in [0, 0.05) is 12.1 Å². The number of rotatable bonds is 8. The van der Waals surface area contributed by atoms with Crippen LogP contribution in [0.5, 0.6) is 11.5 Å². The summed E-state index contributed by atoms with van der Waals surface area (Å²) in [7, 11) is 1.56. The SMILES string of the molecule is CCOc1ccc(/C=C/C(=O)O[C@@H](C)C(=O)N[C@H]2CCC[C@H](C)[C@@H]2C)cc1OC. The second kappa shape index (κ2) is 10.9. The minimum Gasteiger partial charge on any atom is -0.493 e. The van der Waals surface area contributed by atoms with E-state index in [0.29, 0.717) is 29.9 Å². The summed E-state index contributed by atoms with van der Waals surface area (Å²) in [5.41, 5.74) is 0.768. The van der Waals surface area contributed by atoms with Gasteiger partial charge < -0.3 is 19.5 Å². The van der Waals surface area contributed by atoms with Crippen LogP contribution in [0.25, 0.3) is 6.08 Å². The Labute approximate surface area is 173 Å². The van der Waals surface area contributed by atoms with Crippen molar-refractivity contribution in [3.8, 4) is 11.5 Å². The number of benzene rings is 1. The number of methoxy groups -OCH3 is 1. The lowest BCUT2D eigenvalue weighted by Crippen LogP contribution is -2.47. The third kappa shape index (κ3) is 6.51. The van der Waals surface area contributed by atoms with Crippen LogP contribution in [0.1, 0.15) is 52.5 Å². The van der Waals surface area contributed by atoms with Crippen molar-refractivity contribution in [3.05, 3.63) is 29.8 Å². The van der Waals surface area contributed by atoms with Crippen LogP contribution in [0.2, 0.25) is 0 Å². The van der Waals surface area contributed by atoms with E-state index in [1.165, 1.54) is 12.5 Å². The van der Waals surface area contributed by atoms with Crippen molar-refractivity contribution in [2.75, 3.05) is 13.7 Å². The summed E-state index contributed by atoms with van der Waals surface area (Å²) in [6.07, 6.45) is 5.36. The van der Waals surface area contributed by atoms with E-state index >= 15 is 0 Å². The number of ether oxygens (including phenoxy) is 3. The highest BCUT2D eigenvalue weighted by atomic mass is 16.5. The molecule has 0 spiro atoms. The molecule has 0 bridgehead atoms. The lowest BCUT2D eigenvalue weighted by Gasteiger charge is -2.35. The lowest BCUT2D eigenvalue weighted by atomic mass is 9.78. The molecule has 0 aromatic heterocycles. The molecule has 6 nitrogen and oxygen atoms in total. The second-order valence-corrected chi connectivity index (χ2v) is 7.64. The van der Waals surface area contributed by atoms with Gasteiger partial charge in [0.2, 0.25) is 0 Å². The van der Waals surface area contributed by atoms with E-state index in [2.05, 4.69) is 19.2 Å². The maximum absolute atomic E-state index is 12.4. The number of amides is 1. The number of hydrogen-bond acceptors (Lipinski definition) is 5. The predicted molar refractivity (Wildman–Crippen MR) is 113 cm³/mol. The molecule has 29 heavy (non-hydrogen) atoms. The number of carbonyl (C=O) groups excluding carboxylic acids is 2. The maximum atomic E-state index is 12.4. The Balaban J connectivity index is 1.89. The molecule has 1 N–H and O–H groups in total. The summed E-state index contributed by atoms with van der Waals surface area (Å²) in [6, 6.07) is 5.52. The quantitative estimate of drug-likeness (QED) is 0.525. The van der Waals surface area contributed by atoms with Crippen LogP contribution in [0.15, 0.2) is 24.3 Å². The van der Waals surface area contributed by atoms with Crippen LogP contribution in [0.4, 0.5) is 0 Å². The van der Waals surface area contributed by atoms with Crippen LogP contribution in [0.3, 0.4) is 0 Å². The van der Waals surface area contributed by atoms with Gasteiger partial charge in [-0.15, -0.1) is 0 Å². The minimum atomic E-state index is -0.841. The number of nitrogens with one attached hydrogen (secondary N) is 1. The fourth-order valence-corrected chi connectivity index (χ4v) is 3.58. The average Bonchev–Trinajstić information content (AvgIpc) is 2.70. The molecule has 0 unspecified atom stereocenters. The first-order valence-corrected chi connectivity index (χ1v) is 10.4. The molecule has 1 fully saturated rings. The Morgan fingerprint density at radius 3 is 2.69 bits per heavy atom. The molecule has 2 rings (SSSR count). The molecule has 1 aromatic rings. The van der Waals surface area contributed by atoms with Crippen LogP contribution in [0, 0.1) is 11.8 Å². The molecule has 4 atom stereocenters. The number of esters is 1. The summed E-state index contributed by atoms with van der Waals surface area (Å²) in [5.74, 6) is 1.43. The zero-order valence-electron chi connectivity index (χ0n) is 18.1. The summed E-state index contributed by atoms with van der Waals surface area (Å²) in [5, 5.41) is 3.04. The highest BCUT2D eigenvalue weighted by Gasteiger charge is 2.29. The molecule has 1 saturated carbocycles. The Kier molecular flexibility index (Phi) is 8.55. The van der Waals surface area contributed by atoms with E-state index < -0.39 is 12.1 Å². The summed E-state index contributed by atoms with van der Waals surface area (Å²) < 4.78 is 16.0. The summed E-state index contributed by atoms with van der Waals surface area (Å²) in [6.45, 7) is 8.41. The summed E-state index contributed by atoms with van der Waals surface area (Å²) >= 11 is 0. The van der Waals surface area contributed by atoms with E-state index in [-0.39, 0.29) is 11.9 Å². The van der Waals surface area contributed by atoms with Crippen molar-refractivity contribution < 1.29 is 23.8 Å². The first-order chi connectivity index (χ1) is 13.8. The molecule has 1 aliphatic rings. The number of carbonyl (C=O) groups is 2. The fraction of sp³-hybridized carbons (Fsp3) is 0.565. The Morgan fingerprint density at radius 2 is 2.00 bits per heavy atom. The van der Waals surface area contributed by atoms with E-state index in [1.54, 1.807) is 32.2 Å². The molecule has 1 amide bonds. The molecule has 0 radical (unpaired) electrons. The molecule has 0 heterocycles. The van der Waals surface area contributed by atoms with Crippen molar-refractivity contribution in [2.45, 2.75) is 59.1 Å². The van der Waals surface area contributed by atoms with Crippen molar-refractivity contribution in [3.63, 3.8) is 0 Å². The molecule has 6 heteroatoms. The Bertz CT molecular complexity index is 730. The highest BCUT2D eigenvalue weighted by molar-refractivity contribution is 5.90. The molecule has 0 saturated heterocycles. The first-order valence-electron chi connectivity index (χ1n) is 10.4. The van der Waals surface area contributed by atoms with Crippen LogP contribution < -0.4 is 14.8 Å². The van der Waals surface area contributed by atoms with Crippen molar-refractivity contribution >= 4 is 18.0 Å². The van der Waals surface area contributed by atoms with E-state index in [0.717, 1.165) is 18.4 Å². The third-order valence-corrected chi connectivity index (χ3v) is 5.60. The molecule has 160 valence electrons. The van der Waals surface area contributed by atoms with Gasteiger partial charge in [0.05, 0.1) is 13.7 Å². The molecule has 1 aliphatic carbocycles. The second-order valence-electron chi connectivity index (χ2n) is 7.64. The smallest absolute Gasteiger partial charge is 0.331 e. The third-order valence-electron chi connectivity index (χ3n) is 5.60. The number of hydrogen-bond donors (Lipinski definition) is 1. The topological polar surface area (TPSA) is 73.9 Å². The van der Waals surface area contributed by atoms with Crippen molar-refractivity contribution in [1.29, 1.82) is 0 Å². The zero-order chi connectivity index (χ0) is 21.4. The monoisotopic (exact) mass is 403 g/mol. The van der Waals surface area contributed by atoms with Gasteiger partial charge in [0.15, 0.2) is 17.6 Å². The van der Waals surface area contributed by atoms with Crippen molar-refractivity contribution in [2.24, 2.45) is 11.8 Å². The van der Waals surface area contributed by atoms with E-state index in [4.69, 9.17) is 14.2 Å². The van der Waals surface area contributed by atoms with Gasteiger partial charge in [-0.25, -0.2) is 4.79 Å². The first kappa shape index (κ1) is 22.8. The van der Waals surface area contributed by atoms with Gasteiger partial charge in [0.1, 0.15) is 0 Å². The van der Waals surface area contributed by atoms with Gasteiger partial charge in [-0.2, -0.15) is 0 Å². The Hall–Kier alpha value is -2.50. The molecular weight excluding hydrogens is 370 g/mol. The normalized spacial score (nSPS) is 22.7. The summed E-state index contributed by atoms with van der Waals surface area (Å²) in [4.78, 5) is 24.5. The van der Waals surface area contributed by atoms with Crippen molar-refractivity contribution in [1.82, 2.24) is 5.32 Å². The lowest BCUT2D eigenvalue weighted by molar-refractivity contribution is -0.150. The van der Waals surface area contributed by atoms with Gasteiger partial charge in [-0.3, -0.25) is 4.79 Å². The van der Waals surface area contributed by atoms with Gasteiger partial charge in [-0.05, 0) is 55.9 Å². The predicted octanol–water partition coefficient (Wildman–Crippen LogP) is 3.98. The highest BCUT2D eigenvalue weighted by Crippen LogP contribution is 2.30.